The summed E-state index contributed by atoms with van der Waals surface area (Å²) in [6.45, 7) is 6.29. The molecular weight excluding hydrogens is 481 g/mol. The molecule has 6 nitrogen and oxygen atoms in total. The summed E-state index contributed by atoms with van der Waals surface area (Å²) in [6, 6.07) is 17.7. The molecule has 0 spiro atoms. The van der Waals surface area contributed by atoms with Crippen molar-refractivity contribution in [1.29, 1.82) is 0 Å². The summed E-state index contributed by atoms with van der Waals surface area (Å²) in [5, 5.41) is 12.0. The zero-order valence-electron chi connectivity index (χ0n) is 20.1. The van der Waals surface area contributed by atoms with Gasteiger partial charge in [-0.3, -0.25) is 9.69 Å². The van der Waals surface area contributed by atoms with E-state index in [1.165, 1.54) is 28.6 Å². The number of carboxylic acid groups (broad SMARTS) is 1. The highest BCUT2D eigenvalue weighted by molar-refractivity contribution is 5.93. The van der Waals surface area contributed by atoms with Gasteiger partial charge in [-0.15, -0.1) is 12.4 Å². The van der Waals surface area contributed by atoms with Gasteiger partial charge in [0, 0.05) is 50.9 Å². The number of carboxylic acids is 1. The van der Waals surface area contributed by atoms with E-state index in [4.69, 9.17) is 0 Å². The molecular formula is C28H29ClFN3O3. The van der Waals surface area contributed by atoms with Crippen molar-refractivity contribution in [2.45, 2.75) is 19.9 Å². The van der Waals surface area contributed by atoms with E-state index in [1.54, 1.807) is 10.6 Å². The van der Waals surface area contributed by atoms with Crippen LogP contribution in [0, 0.1) is 5.82 Å². The summed E-state index contributed by atoms with van der Waals surface area (Å²) in [6.07, 6.45) is 2.31. The number of halogens is 2. The van der Waals surface area contributed by atoms with Gasteiger partial charge >= 0.3 is 5.97 Å². The van der Waals surface area contributed by atoms with Gasteiger partial charge in [0.2, 0.25) is 5.43 Å². The number of anilines is 1. The minimum atomic E-state index is -1.30. The number of nitrogens with zero attached hydrogens (tertiary/aromatic N) is 3. The number of piperazine rings is 1. The van der Waals surface area contributed by atoms with Crippen LogP contribution in [0.15, 0.2) is 65.6 Å². The van der Waals surface area contributed by atoms with Crippen molar-refractivity contribution in [1.82, 2.24) is 9.47 Å². The van der Waals surface area contributed by atoms with Crippen LogP contribution in [0.4, 0.5) is 10.1 Å². The van der Waals surface area contributed by atoms with Crippen LogP contribution in [0.5, 0.6) is 0 Å². The first-order chi connectivity index (χ1) is 17.0. The Kier molecular flexibility index (Phi) is 7.62. The smallest absolute Gasteiger partial charge is 0.341 e. The van der Waals surface area contributed by atoms with Crippen molar-refractivity contribution in [3.05, 3.63) is 88.0 Å². The molecule has 1 aromatic heterocycles. The second kappa shape index (κ2) is 10.7. The van der Waals surface area contributed by atoms with Crippen molar-refractivity contribution in [3.63, 3.8) is 0 Å². The minimum Gasteiger partial charge on any atom is -0.477 e. The quantitative estimate of drug-likeness (QED) is 0.404. The van der Waals surface area contributed by atoms with E-state index in [-0.39, 0.29) is 23.4 Å². The first-order valence-corrected chi connectivity index (χ1v) is 12.0. The van der Waals surface area contributed by atoms with Crippen molar-refractivity contribution >= 4 is 45.7 Å². The van der Waals surface area contributed by atoms with Crippen molar-refractivity contribution < 1.29 is 14.3 Å². The molecule has 188 valence electrons. The van der Waals surface area contributed by atoms with Crippen molar-refractivity contribution in [2.75, 3.05) is 37.6 Å². The highest BCUT2D eigenvalue weighted by atomic mass is 35.5. The summed E-state index contributed by atoms with van der Waals surface area (Å²) < 4.78 is 16.8. The number of carbonyl (C=O) groups is 1. The normalized spacial score (nSPS) is 14.2. The van der Waals surface area contributed by atoms with Crippen LogP contribution in [0.3, 0.4) is 0 Å². The second-order valence-electron chi connectivity index (χ2n) is 9.00. The number of fused-ring (bicyclic) bond motifs is 2. The molecule has 3 aromatic carbocycles. The lowest BCUT2D eigenvalue weighted by atomic mass is 10.0. The maximum absolute atomic E-state index is 15.1. The number of benzene rings is 3. The Morgan fingerprint density at radius 3 is 2.44 bits per heavy atom. The lowest BCUT2D eigenvalue weighted by Gasteiger charge is -2.36. The van der Waals surface area contributed by atoms with E-state index in [0.29, 0.717) is 30.8 Å². The molecule has 1 N–H and O–H groups in total. The standard InChI is InChI=1S/C28H28FN3O3.ClH/c1-2-31-18-23(28(34)35)27(33)22-16-24(29)26(17-25(22)31)32-14-12-30(13-15-32)11-10-20-8-5-7-19-6-3-4-9-21(19)20;/h3-9,16-18H,2,10-15H2,1H3,(H,34,35);1H. The molecule has 1 fully saturated rings. The molecule has 0 aliphatic carbocycles. The van der Waals surface area contributed by atoms with E-state index < -0.39 is 17.2 Å². The van der Waals surface area contributed by atoms with Crippen LogP contribution in [0.25, 0.3) is 21.7 Å². The average molecular weight is 510 g/mol. The van der Waals surface area contributed by atoms with Gasteiger partial charge in [0.25, 0.3) is 0 Å². The molecule has 0 amide bonds. The zero-order chi connectivity index (χ0) is 24.5. The lowest BCUT2D eigenvalue weighted by Crippen LogP contribution is -2.47. The summed E-state index contributed by atoms with van der Waals surface area (Å²) in [5.41, 5.74) is 1.35. The summed E-state index contributed by atoms with van der Waals surface area (Å²) in [4.78, 5) is 28.5. The highest BCUT2D eigenvalue weighted by Crippen LogP contribution is 2.27. The van der Waals surface area contributed by atoms with Gasteiger partial charge in [-0.2, -0.15) is 0 Å². The Morgan fingerprint density at radius 2 is 1.72 bits per heavy atom. The maximum atomic E-state index is 15.1. The Balaban J connectivity index is 0.00000304. The van der Waals surface area contributed by atoms with E-state index in [2.05, 4.69) is 47.4 Å². The Hall–Kier alpha value is -3.42. The predicted octanol–water partition coefficient (Wildman–Crippen LogP) is 4.80. The van der Waals surface area contributed by atoms with Crippen LogP contribution in [0.1, 0.15) is 22.8 Å². The second-order valence-corrected chi connectivity index (χ2v) is 9.00. The number of hydrogen-bond donors (Lipinski definition) is 1. The topological polar surface area (TPSA) is 65.8 Å². The molecule has 8 heteroatoms. The molecule has 0 bridgehead atoms. The molecule has 4 aromatic rings. The average Bonchev–Trinajstić information content (AvgIpc) is 2.88. The first-order valence-electron chi connectivity index (χ1n) is 12.0. The van der Waals surface area contributed by atoms with Crippen LogP contribution in [0.2, 0.25) is 0 Å². The van der Waals surface area contributed by atoms with Gasteiger partial charge in [0.15, 0.2) is 0 Å². The first kappa shape index (κ1) is 25.7. The molecule has 1 aliphatic rings. The third-order valence-electron chi connectivity index (χ3n) is 7.01. The molecule has 0 saturated carbocycles. The fourth-order valence-corrected chi connectivity index (χ4v) is 5.06. The number of aryl methyl sites for hydroxylation is 1. The number of hydrogen-bond acceptors (Lipinski definition) is 4. The molecule has 1 saturated heterocycles. The van der Waals surface area contributed by atoms with Crippen molar-refractivity contribution in [3.8, 4) is 0 Å². The summed E-state index contributed by atoms with van der Waals surface area (Å²) in [7, 11) is 0. The maximum Gasteiger partial charge on any atom is 0.341 e. The zero-order valence-corrected chi connectivity index (χ0v) is 20.9. The Bertz CT molecular complexity index is 1470. The van der Waals surface area contributed by atoms with E-state index >= 15 is 4.39 Å². The van der Waals surface area contributed by atoms with Gasteiger partial charge < -0.3 is 14.6 Å². The molecule has 2 heterocycles. The van der Waals surface area contributed by atoms with Crippen molar-refractivity contribution in [2.24, 2.45) is 0 Å². The number of pyridine rings is 1. The Labute approximate surface area is 215 Å². The van der Waals surface area contributed by atoms with Gasteiger partial charge in [-0.25, -0.2) is 9.18 Å². The van der Waals surface area contributed by atoms with Gasteiger partial charge in [-0.05, 0) is 41.8 Å². The molecule has 0 unspecified atom stereocenters. The molecule has 36 heavy (non-hydrogen) atoms. The Morgan fingerprint density at radius 1 is 1.00 bits per heavy atom. The van der Waals surface area contributed by atoms with Gasteiger partial charge in [0.1, 0.15) is 11.4 Å². The SMILES string of the molecule is CCn1cc(C(=O)O)c(=O)c2cc(F)c(N3CCN(CCc4cccc5ccccc45)CC3)cc21.Cl. The van der Waals surface area contributed by atoms with E-state index in [1.807, 2.05) is 11.8 Å². The molecule has 5 rings (SSSR count). The predicted molar refractivity (Wildman–Crippen MR) is 144 cm³/mol. The van der Waals surface area contributed by atoms with E-state index in [9.17, 15) is 14.7 Å². The summed E-state index contributed by atoms with van der Waals surface area (Å²) >= 11 is 0. The fraction of sp³-hybridized carbons (Fsp3) is 0.286. The van der Waals surface area contributed by atoms with Crippen LogP contribution in [-0.4, -0.2) is 53.3 Å². The third kappa shape index (κ3) is 4.81. The van der Waals surface area contributed by atoms with Gasteiger partial charge in [0.05, 0.1) is 11.2 Å². The van der Waals surface area contributed by atoms with Crippen LogP contribution >= 0.6 is 12.4 Å². The molecule has 0 atom stereocenters. The highest BCUT2D eigenvalue weighted by Gasteiger charge is 2.22. The van der Waals surface area contributed by atoms with E-state index in [0.717, 1.165) is 26.1 Å². The summed E-state index contributed by atoms with van der Waals surface area (Å²) in [5.74, 6) is -1.80. The number of aromatic carboxylic acids is 1. The fourth-order valence-electron chi connectivity index (χ4n) is 5.06. The monoisotopic (exact) mass is 509 g/mol. The number of rotatable bonds is 6. The van der Waals surface area contributed by atoms with Gasteiger partial charge in [-0.1, -0.05) is 42.5 Å². The third-order valence-corrected chi connectivity index (χ3v) is 7.01. The largest absolute Gasteiger partial charge is 0.477 e. The lowest BCUT2D eigenvalue weighted by molar-refractivity contribution is 0.0695. The molecule has 0 radical (unpaired) electrons. The number of aromatic nitrogens is 1. The van der Waals surface area contributed by atoms with Crippen LogP contribution in [-0.2, 0) is 13.0 Å². The van der Waals surface area contributed by atoms with Crippen LogP contribution < -0.4 is 10.3 Å². The molecule has 1 aliphatic heterocycles. The minimum absolute atomic E-state index is 0.